The standard InChI is InChI=1S/C37H46GeNO5P/c1-29(2)27-43-45(41,44-28-30(3)4)37(31-21-23-35(42-5)24-22-31)39-36(40)25-26-38(32-15-9-6-10-16-32,33-17-11-7-12-18-33)34-19-13-8-14-20-34/h6-24,29-30,37H,25-28H2,1-5H3,(H,39,40). The molecule has 0 aliphatic heterocycles. The number of amides is 1. The zero-order valence-corrected chi connectivity index (χ0v) is 30.0. The van der Waals surface area contributed by atoms with Crippen molar-refractivity contribution in [1.29, 1.82) is 0 Å². The molecular formula is C37H46GeNO5P. The van der Waals surface area contributed by atoms with E-state index in [1.165, 1.54) is 13.2 Å². The molecule has 0 aromatic heterocycles. The quantitative estimate of drug-likeness (QED) is 0.102. The van der Waals surface area contributed by atoms with E-state index in [-0.39, 0.29) is 37.4 Å². The van der Waals surface area contributed by atoms with E-state index in [1.54, 1.807) is 19.2 Å². The number of rotatable bonds is 16. The van der Waals surface area contributed by atoms with Crippen LogP contribution in [0.25, 0.3) is 0 Å². The fraction of sp³-hybridized carbons (Fsp3) is 0.324. The van der Waals surface area contributed by atoms with Gasteiger partial charge in [-0.2, -0.15) is 0 Å². The summed E-state index contributed by atoms with van der Waals surface area (Å²) in [6.07, 6.45) is 0.250. The van der Waals surface area contributed by atoms with Gasteiger partial charge < -0.3 is 0 Å². The van der Waals surface area contributed by atoms with Gasteiger partial charge in [-0.3, -0.25) is 0 Å². The van der Waals surface area contributed by atoms with E-state index in [0.717, 1.165) is 0 Å². The minimum atomic E-state index is -3.83. The van der Waals surface area contributed by atoms with Crippen molar-refractivity contribution in [2.75, 3.05) is 20.3 Å². The number of nitrogens with one attached hydrogen (secondary N) is 1. The molecule has 1 N–H and O–H groups in total. The fourth-order valence-corrected chi connectivity index (χ4v) is 17.6. The van der Waals surface area contributed by atoms with Crippen LogP contribution in [-0.4, -0.2) is 39.5 Å². The molecule has 1 atom stereocenters. The molecule has 0 spiro atoms. The number of methoxy groups -OCH3 is 1. The molecule has 45 heavy (non-hydrogen) atoms. The van der Waals surface area contributed by atoms with Gasteiger partial charge in [-0.05, 0) is 0 Å². The normalized spacial score (nSPS) is 12.7. The molecule has 0 aliphatic rings. The third-order valence-electron chi connectivity index (χ3n) is 7.75. The SMILES string of the molecule is COc1ccc(C(NC(=O)C[CH2][Ge]([c]2ccccc2)([c]2ccccc2)[c]2ccccc2)P(=O)(OCC(C)C)OCC(C)C)cc1. The van der Waals surface area contributed by atoms with E-state index in [0.29, 0.717) is 16.6 Å². The van der Waals surface area contributed by atoms with Crippen molar-refractivity contribution in [3.63, 3.8) is 0 Å². The first-order valence-corrected chi connectivity index (χ1v) is 21.9. The molecule has 8 heteroatoms. The second-order valence-corrected chi connectivity index (χ2v) is 22.8. The molecule has 0 heterocycles. The van der Waals surface area contributed by atoms with E-state index >= 15 is 0 Å². The molecular weight excluding hydrogens is 642 g/mol. The van der Waals surface area contributed by atoms with Gasteiger partial charge in [-0.15, -0.1) is 0 Å². The number of hydrogen-bond donors (Lipinski definition) is 1. The Morgan fingerprint density at radius 2 is 1.11 bits per heavy atom. The number of benzene rings is 4. The van der Waals surface area contributed by atoms with Crippen LogP contribution in [0.3, 0.4) is 0 Å². The molecule has 6 nitrogen and oxygen atoms in total. The monoisotopic (exact) mass is 689 g/mol. The average Bonchev–Trinajstić information content (AvgIpc) is 3.07. The first kappa shape index (κ1) is 34.7. The molecule has 0 saturated carbocycles. The van der Waals surface area contributed by atoms with Crippen LogP contribution in [0, 0.1) is 11.8 Å². The van der Waals surface area contributed by atoms with Crippen LogP contribution in [0.1, 0.15) is 45.5 Å². The van der Waals surface area contributed by atoms with E-state index < -0.39 is 26.6 Å². The minimum absolute atomic E-state index is 0.129. The van der Waals surface area contributed by atoms with Gasteiger partial charge in [0.2, 0.25) is 0 Å². The Hall–Kier alpha value is -3.16. The summed E-state index contributed by atoms with van der Waals surface area (Å²) >= 11 is -3.36. The first-order chi connectivity index (χ1) is 21.7. The molecule has 0 saturated heterocycles. The van der Waals surface area contributed by atoms with Crippen LogP contribution in [0.4, 0.5) is 0 Å². The van der Waals surface area contributed by atoms with Crippen LogP contribution in [0.5, 0.6) is 5.75 Å². The van der Waals surface area contributed by atoms with Crippen molar-refractivity contribution in [2.45, 2.75) is 45.2 Å². The van der Waals surface area contributed by atoms with Gasteiger partial charge in [0.1, 0.15) is 0 Å². The van der Waals surface area contributed by atoms with Crippen LogP contribution in [-0.2, 0) is 18.4 Å². The van der Waals surface area contributed by atoms with Crippen LogP contribution < -0.4 is 23.2 Å². The van der Waals surface area contributed by atoms with Crippen LogP contribution in [0.2, 0.25) is 5.25 Å². The molecule has 1 amide bonds. The summed E-state index contributed by atoms with van der Waals surface area (Å²) in [4.78, 5) is 14.1. The second kappa shape index (κ2) is 16.4. The van der Waals surface area contributed by atoms with Crippen molar-refractivity contribution in [3.05, 3.63) is 121 Å². The summed E-state index contributed by atoms with van der Waals surface area (Å²) in [6.45, 7) is 8.47. The molecule has 0 bridgehead atoms. The Kier molecular flexibility index (Phi) is 12.7. The van der Waals surface area contributed by atoms with Crippen molar-refractivity contribution in [1.82, 2.24) is 5.32 Å². The molecule has 0 aliphatic carbocycles. The van der Waals surface area contributed by atoms with E-state index in [1.807, 2.05) is 58.0 Å². The van der Waals surface area contributed by atoms with Crippen LogP contribution in [0.15, 0.2) is 115 Å². The third-order valence-corrected chi connectivity index (χ3v) is 20.2. The van der Waals surface area contributed by atoms with Gasteiger partial charge in [-0.25, -0.2) is 0 Å². The fourth-order valence-electron chi connectivity index (χ4n) is 5.45. The maximum absolute atomic E-state index is 14.6. The van der Waals surface area contributed by atoms with Crippen molar-refractivity contribution in [2.24, 2.45) is 11.8 Å². The van der Waals surface area contributed by atoms with Crippen molar-refractivity contribution < 1.29 is 23.1 Å². The Morgan fingerprint density at radius 1 is 0.689 bits per heavy atom. The Balaban J connectivity index is 1.72. The predicted octanol–water partition coefficient (Wildman–Crippen LogP) is 6.91. The first-order valence-electron chi connectivity index (χ1n) is 15.7. The van der Waals surface area contributed by atoms with E-state index in [2.05, 4.69) is 78.1 Å². The summed E-state index contributed by atoms with van der Waals surface area (Å²) in [5.74, 6) is -0.249. The van der Waals surface area contributed by atoms with Crippen molar-refractivity contribution >= 4 is 40.0 Å². The molecule has 4 aromatic rings. The average molecular weight is 688 g/mol. The molecule has 238 valence electrons. The Labute approximate surface area is 271 Å². The summed E-state index contributed by atoms with van der Waals surface area (Å²) < 4.78 is 35.9. The Bertz CT molecular complexity index is 1400. The predicted molar refractivity (Wildman–Crippen MR) is 186 cm³/mol. The van der Waals surface area contributed by atoms with Crippen molar-refractivity contribution in [3.8, 4) is 5.75 Å². The molecule has 0 radical (unpaired) electrons. The number of hydrogen-bond acceptors (Lipinski definition) is 5. The maximum atomic E-state index is 14.6. The van der Waals surface area contributed by atoms with Crippen LogP contribution >= 0.6 is 7.60 Å². The third kappa shape index (κ3) is 8.98. The topological polar surface area (TPSA) is 73.9 Å². The molecule has 1 unspecified atom stereocenters. The van der Waals surface area contributed by atoms with Gasteiger partial charge in [0, 0.05) is 0 Å². The zero-order valence-electron chi connectivity index (χ0n) is 27.0. The van der Waals surface area contributed by atoms with Gasteiger partial charge in [0.25, 0.3) is 0 Å². The number of carbonyl (C=O) groups excluding carboxylic acids is 1. The number of ether oxygens (including phenoxy) is 1. The number of carbonyl (C=O) groups is 1. The summed E-state index contributed by atoms with van der Waals surface area (Å²) in [6, 6.07) is 39.0. The Morgan fingerprint density at radius 3 is 1.49 bits per heavy atom. The molecule has 0 fully saturated rings. The molecule has 4 aromatic carbocycles. The van der Waals surface area contributed by atoms with Gasteiger partial charge >= 0.3 is 272 Å². The summed E-state index contributed by atoms with van der Waals surface area (Å²) in [7, 11) is -2.23. The van der Waals surface area contributed by atoms with Gasteiger partial charge in [0.05, 0.1) is 0 Å². The van der Waals surface area contributed by atoms with Gasteiger partial charge in [-0.1, -0.05) is 0 Å². The molecule has 4 rings (SSSR count). The van der Waals surface area contributed by atoms with Gasteiger partial charge in [0.15, 0.2) is 0 Å². The van der Waals surface area contributed by atoms with E-state index in [4.69, 9.17) is 13.8 Å². The zero-order chi connectivity index (χ0) is 32.3. The second-order valence-electron chi connectivity index (χ2n) is 12.2. The van der Waals surface area contributed by atoms with E-state index in [9.17, 15) is 9.36 Å². The summed E-state index contributed by atoms with van der Waals surface area (Å²) in [5, 5.41) is 3.79. The summed E-state index contributed by atoms with van der Waals surface area (Å²) in [5.41, 5.74) is 0.641.